The Balaban J connectivity index is 2.19. The standard InChI is InChI=1S/C25H42N2O2/c1-18-10-19(13-22(23(28)29)21-8-9-26-14-21)12-20(11-18)15-27(16-24(2,3)4)17-25(5,6)7/h10-12,21-22,26H,8-9,13-17H2,1-7H3,(H,28,29). The van der Waals surface area contributed by atoms with Crippen LogP contribution in [0.4, 0.5) is 0 Å². The summed E-state index contributed by atoms with van der Waals surface area (Å²) < 4.78 is 0. The van der Waals surface area contributed by atoms with E-state index >= 15 is 0 Å². The third-order valence-electron chi connectivity index (χ3n) is 5.44. The molecule has 0 aromatic heterocycles. The van der Waals surface area contributed by atoms with E-state index in [1.807, 2.05) is 0 Å². The summed E-state index contributed by atoms with van der Waals surface area (Å²) in [7, 11) is 0. The van der Waals surface area contributed by atoms with Gasteiger partial charge in [0.05, 0.1) is 5.92 Å². The molecule has 1 aromatic carbocycles. The highest BCUT2D eigenvalue weighted by molar-refractivity contribution is 5.71. The van der Waals surface area contributed by atoms with Gasteiger partial charge in [0.25, 0.3) is 0 Å². The smallest absolute Gasteiger partial charge is 0.307 e. The van der Waals surface area contributed by atoms with Crippen molar-refractivity contribution in [1.29, 1.82) is 0 Å². The largest absolute Gasteiger partial charge is 0.481 e. The van der Waals surface area contributed by atoms with Crippen molar-refractivity contribution in [2.75, 3.05) is 26.2 Å². The summed E-state index contributed by atoms with van der Waals surface area (Å²) in [4.78, 5) is 14.5. The quantitative estimate of drug-likeness (QED) is 0.659. The van der Waals surface area contributed by atoms with Crippen LogP contribution in [0, 0.1) is 29.6 Å². The molecule has 1 aliphatic heterocycles. The summed E-state index contributed by atoms with van der Waals surface area (Å²) in [5.41, 5.74) is 4.15. The molecule has 29 heavy (non-hydrogen) atoms. The van der Waals surface area contributed by atoms with Crippen LogP contribution in [0.3, 0.4) is 0 Å². The summed E-state index contributed by atoms with van der Waals surface area (Å²) in [5.74, 6) is -0.738. The summed E-state index contributed by atoms with van der Waals surface area (Å²) in [6, 6.07) is 6.66. The molecule has 0 amide bonds. The van der Waals surface area contributed by atoms with Gasteiger partial charge in [0.15, 0.2) is 0 Å². The van der Waals surface area contributed by atoms with Gasteiger partial charge < -0.3 is 10.4 Å². The molecule has 2 rings (SSSR count). The van der Waals surface area contributed by atoms with Crippen LogP contribution in [-0.2, 0) is 17.8 Å². The van der Waals surface area contributed by atoms with E-state index in [4.69, 9.17) is 0 Å². The number of aliphatic carboxylic acids is 1. The molecular formula is C25H42N2O2. The first-order chi connectivity index (χ1) is 13.3. The SMILES string of the molecule is Cc1cc(CC(C(=O)O)C2CCNC2)cc(CN(CC(C)(C)C)CC(C)(C)C)c1. The Morgan fingerprint density at radius 1 is 1.10 bits per heavy atom. The fourth-order valence-corrected chi connectivity index (χ4v) is 4.65. The minimum absolute atomic E-state index is 0.231. The first kappa shape index (κ1) is 23.9. The molecule has 1 aliphatic rings. The minimum atomic E-state index is -0.663. The van der Waals surface area contributed by atoms with Crippen molar-refractivity contribution in [3.8, 4) is 0 Å². The average molecular weight is 403 g/mol. The number of carboxylic acids is 1. The molecule has 2 N–H and O–H groups in total. The van der Waals surface area contributed by atoms with Gasteiger partial charge in [-0.3, -0.25) is 9.69 Å². The Morgan fingerprint density at radius 3 is 2.17 bits per heavy atom. The fourth-order valence-electron chi connectivity index (χ4n) is 4.65. The van der Waals surface area contributed by atoms with Gasteiger partial charge in [-0.2, -0.15) is 0 Å². The van der Waals surface area contributed by atoms with Crippen LogP contribution in [0.2, 0.25) is 0 Å². The first-order valence-corrected chi connectivity index (χ1v) is 11.1. The number of aryl methyl sites for hydroxylation is 1. The molecule has 2 atom stereocenters. The lowest BCUT2D eigenvalue weighted by Crippen LogP contribution is -2.38. The molecule has 4 nitrogen and oxygen atoms in total. The number of rotatable bonds is 8. The highest BCUT2D eigenvalue weighted by atomic mass is 16.4. The number of nitrogens with zero attached hydrogens (tertiary/aromatic N) is 1. The van der Waals surface area contributed by atoms with E-state index < -0.39 is 5.97 Å². The van der Waals surface area contributed by atoms with Gasteiger partial charge in [0.2, 0.25) is 0 Å². The van der Waals surface area contributed by atoms with Gasteiger partial charge in [-0.15, -0.1) is 0 Å². The van der Waals surface area contributed by atoms with Crippen molar-refractivity contribution in [2.24, 2.45) is 22.7 Å². The number of benzene rings is 1. The molecule has 0 bridgehead atoms. The lowest BCUT2D eigenvalue weighted by atomic mass is 9.85. The maximum Gasteiger partial charge on any atom is 0.307 e. The van der Waals surface area contributed by atoms with Crippen molar-refractivity contribution >= 4 is 5.97 Å². The normalized spacial score (nSPS) is 19.0. The number of hydrogen-bond acceptors (Lipinski definition) is 3. The zero-order valence-corrected chi connectivity index (χ0v) is 19.6. The lowest BCUT2D eigenvalue weighted by Gasteiger charge is -2.35. The van der Waals surface area contributed by atoms with E-state index in [2.05, 4.69) is 76.9 Å². The van der Waals surface area contributed by atoms with Crippen molar-refractivity contribution < 1.29 is 9.90 Å². The van der Waals surface area contributed by atoms with Crippen molar-refractivity contribution in [3.63, 3.8) is 0 Å². The van der Waals surface area contributed by atoms with Crippen LogP contribution >= 0.6 is 0 Å². The van der Waals surface area contributed by atoms with E-state index in [0.29, 0.717) is 6.42 Å². The average Bonchev–Trinajstić information content (AvgIpc) is 3.02. The Labute approximate surface area is 178 Å². The zero-order chi connectivity index (χ0) is 21.8. The van der Waals surface area contributed by atoms with Crippen LogP contribution in [0.1, 0.15) is 64.7 Å². The molecule has 1 aromatic rings. The highest BCUT2D eigenvalue weighted by Gasteiger charge is 2.30. The molecule has 0 radical (unpaired) electrons. The van der Waals surface area contributed by atoms with Gasteiger partial charge in [-0.1, -0.05) is 65.3 Å². The van der Waals surface area contributed by atoms with Gasteiger partial charge in [-0.05, 0) is 60.7 Å². The summed E-state index contributed by atoms with van der Waals surface area (Å²) >= 11 is 0. The van der Waals surface area contributed by atoms with Gasteiger partial charge in [0, 0.05) is 19.6 Å². The number of carboxylic acid groups (broad SMARTS) is 1. The monoisotopic (exact) mass is 402 g/mol. The predicted octanol–water partition coefficient (Wildman–Crippen LogP) is 4.74. The minimum Gasteiger partial charge on any atom is -0.481 e. The molecular weight excluding hydrogens is 360 g/mol. The molecule has 4 heteroatoms. The van der Waals surface area contributed by atoms with E-state index in [1.54, 1.807) is 0 Å². The van der Waals surface area contributed by atoms with E-state index in [9.17, 15) is 9.90 Å². The second kappa shape index (κ2) is 9.61. The van der Waals surface area contributed by atoms with Gasteiger partial charge in [-0.25, -0.2) is 0 Å². The molecule has 0 aliphatic carbocycles. The maximum atomic E-state index is 11.9. The zero-order valence-electron chi connectivity index (χ0n) is 19.6. The van der Waals surface area contributed by atoms with Crippen molar-refractivity contribution in [3.05, 3.63) is 34.9 Å². The molecule has 1 heterocycles. The third kappa shape index (κ3) is 8.47. The topological polar surface area (TPSA) is 52.6 Å². The van der Waals surface area contributed by atoms with Crippen LogP contribution in [0.15, 0.2) is 18.2 Å². The van der Waals surface area contributed by atoms with Crippen LogP contribution < -0.4 is 5.32 Å². The van der Waals surface area contributed by atoms with E-state index in [1.165, 1.54) is 11.1 Å². The Kier molecular flexibility index (Phi) is 7.92. The molecule has 164 valence electrons. The Morgan fingerprint density at radius 2 is 1.69 bits per heavy atom. The number of carbonyl (C=O) groups is 1. The molecule has 1 saturated heterocycles. The van der Waals surface area contributed by atoms with Gasteiger partial charge in [0.1, 0.15) is 0 Å². The Hall–Kier alpha value is -1.39. The van der Waals surface area contributed by atoms with Crippen molar-refractivity contribution in [1.82, 2.24) is 10.2 Å². The molecule has 0 spiro atoms. The molecule has 1 fully saturated rings. The molecule has 0 saturated carbocycles. The lowest BCUT2D eigenvalue weighted by molar-refractivity contribution is -0.143. The Bertz CT molecular complexity index is 663. The summed E-state index contributed by atoms with van der Waals surface area (Å²) in [6.45, 7) is 20.6. The van der Waals surface area contributed by atoms with Crippen LogP contribution in [0.5, 0.6) is 0 Å². The predicted molar refractivity (Wildman–Crippen MR) is 121 cm³/mol. The maximum absolute atomic E-state index is 11.9. The van der Waals surface area contributed by atoms with Crippen LogP contribution in [0.25, 0.3) is 0 Å². The van der Waals surface area contributed by atoms with E-state index in [0.717, 1.165) is 44.7 Å². The summed E-state index contributed by atoms with van der Waals surface area (Å²) in [5, 5.41) is 13.1. The molecule has 2 unspecified atom stereocenters. The van der Waals surface area contributed by atoms with Crippen LogP contribution in [-0.4, -0.2) is 42.2 Å². The fraction of sp³-hybridized carbons (Fsp3) is 0.720. The first-order valence-electron chi connectivity index (χ1n) is 11.1. The number of hydrogen-bond donors (Lipinski definition) is 2. The second-order valence-electron chi connectivity index (χ2n) is 11.5. The third-order valence-corrected chi connectivity index (χ3v) is 5.44. The van der Waals surface area contributed by atoms with Crippen molar-refractivity contribution in [2.45, 2.75) is 67.9 Å². The van der Waals surface area contributed by atoms with E-state index in [-0.39, 0.29) is 22.7 Å². The summed E-state index contributed by atoms with van der Waals surface area (Å²) in [6.07, 6.45) is 1.58. The number of nitrogens with one attached hydrogen (secondary N) is 1. The highest BCUT2D eigenvalue weighted by Crippen LogP contribution is 2.26. The second-order valence-corrected chi connectivity index (χ2v) is 11.5. The van der Waals surface area contributed by atoms with Gasteiger partial charge >= 0.3 is 5.97 Å².